The van der Waals surface area contributed by atoms with Crippen LogP contribution in [-0.4, -0.2) is 33.5 Å². The van der Waals surface area contributed by atoms with Gasteiger partial charge < -0.3 is 19.9 Å². The minimum Gasteiger partial charge on any atom is -0.495 e. The molecule has 0 atom stereocenters. The zero-order chi connectivity index (χ0) is 19.4. The number of nitrogens with zero attached hydrogens (tertiary/aromatic N) is 3. The zero-order valence-corrected chi connectivity index (χ0v) is 15.2. The molecule has 0 bridgehead atoms. The molecule has 27 heavy (non-hydrogen) atoms. The number of hydrogen-bond donors (Lipinski definition) is 2. The van der Waals surface area contributed by atoms with Crippen molar-refractivity contribution in [3.05, 3.63) is 66.0 Å². The van der Waals surface area contributed by atoms with E-state index in [9.17, 15) is 9.59 Å². The molecule has 0 saturated heterocycles. The third-order valence-corrected chi connectivity index (χ3v) is 4.00. The van der Waals surface area contributed by atoms with E-state index >= 15 is 0 Å². The van der Waals surface area contributed by atoms with Crippen molar-refractivity contribution in [2.45, 2.75) is 6.92 Å². The smallest absolute Gasteiger partial charge is 0.273 e. The number of aryl methyl sites for hydroxylation is 2. The summed E-state index contributed by atoms with van der Waals surface area (Å²) in [6.07, 6.45) is 6.11. The van der Waals surface area contributed by atoms with Gasteiger partial charge in [0.1, 0.15) is 11.4 Å². The Bertz CT molecular complexity index is 997. The molecule has 0 aliphatic rings. The van der Waals surface area contributed by atoms with Crippen LogP contribution in [0.2, 0.25) is 0 Å². The van der Waals surface area contributed by atoms with Crippen LogP contribution in [0.4, 0.5) is 11.4 Å². The lowest BCUT2D eigenvalue weighted by Crippen LogP contribution is -2.17. The van der Waals surface area contributed by atoms with Crippen LogP contribution in [0.15, 0.2) is 49.2 Å². The second-order valence-electron chi connectivity index (χ2n) is 5.94. The van der Waals surface area contributed by atoms with Gasteiger partial charge in [0.2, 0.25) is 0 Å². The fraction of sp³-hybridized carbons (Fsp3) is 0.158. The van der Waals surface area contributed by atoms with Gasteiger partial charge in [0.15, 0.2) is 0 Å². The lowest BCUT2D eigenvalue weighted by atomic mass is 10.1. The van der Waals surface area contributed by atoms with Crippen molar-refractivity contribution in [3.8, 4) is 5.75 Å². The van der Waals surface area contributed by atoms with Crippen molar-refractivity contribution in [2.24, 2.45) is 7.05 Å². The first-order chi connectivity index (χ1) is 13.0. The number of anilines is 2. The highest BCUT2D eigenvalue weighted by Gasteiger charge is 2.14. The maximum atomic E-state index is 12.5. The van der Waals surface area contributed by atoms with E-state index in [0.29, 0.717) is 28.4 Å². The maximum Gasteiger partial charge on any atom is 0.273 e. The van der Waals surface area contributed by atoms with E-state index in [2.05, 4.69) is 20.6 Å². The Balaban J connectivity index is 1.79. The minimum atomic E-state index is -0.318. The molecule has 2 aromatic heterocycles. The number of aromatic nitrogens is 3. The molecule has 3 aromatic rings. The van der Waals surface area contributed by atoms with Gasteiger partial charge in [-0.2, -0.15) is 0 Å². The Morgan fingerprint density at radius 3 is 2.56 bits per heavy atom. The summed E-state index contributed by atoms with van der Waals surface area (Å²) in [5.41, 5.74) is 2.73. The summed E-state index contributed by atoms with van der Waals surface area (Å²) in [6, 6.07) is 6.77. The molecule has 2 N–H and O–H groups in total. The average molecular weight is 365 g/mol. The monoisotopic (exact) mass is 365 g/mol. The van der Waals surface area contributed by atoms with E-state index in [4.69, 9.17) is 4.74 Å². The van der Waals surface area contributed by atoms with Crippen LogP contribution < -0.4 is 15.4 Å². The Hall–Kier alpha value is -3.68. The normalized spacial score (nSPS) is 10.3. The summed E-state index contributed by atoms with van der Waals surface area (Å²) in [4.78, 5) is 32.9. The molecule has 138 valence electrons. The standard InChI is InChI=1S/C19H19N5O3/c1-12-4-5-13(18(25)22-14-7-15(27-3)9-20-8-14)6-16(12)23-19(26)17-10-21-11-24(17)2/h4-11H,1-3H3,(H,22,25)(H,23,26). The molecular weight excluding hydrogens is 346 g/mol. The van der Waals surface area contributed by atoms with E-state index in [1.54, 1.807) is 48.4 Å². The third kappa shape index (κ3) is 4.12. The van der Waals surface area contributed by atoms with Crippen LogP contribution in [0, 0.1) is 6.92 Å². The topological polar surface area (TPSA) is 98.1 Å². The molecule has 3 rings (SSSR count). The van der Waals surface area contributed by atoms with E-state index < -0.39 is 0 Å². The number of rotatable bonds is 5. The van der Waals surface area contributed by atoms with Crippen molar-refractivity contribution in [1.29, 1.82) is 0 Å². The summed E-state index contributed by atoms with van der Waals surface area (Å²) in [5.74, 6) is -0.0745. The molecule has 0 radical (unpaired) electrons. The van der Waals surface area contributed by atoms with Crippen molar-refractivity contribution in [3.63, 3.8) is 0 Å². The lowest BCUT2D eigenvalue weighted by molar-refractivity contribution is 0.101. The second kappa shape index (κ2) is 7.69. The molecule has 0 aliphatic heterocycles. The molecule has 0 unspecified atom stereocenters. The molecule has 8 heteroatoms. The van der Waals surface area contributed by atoms with E-state index in [1.807, 2.05) is 6.92 Å². The molecule has 1 aromatic carbocycles. The highest BCUT2D eigenvalue weighted by Crippen LogP contribution is 2.20. The molecule has 0 aliphatic carbocycles. The van der Waals surface area contributed by atoms with Gasteiger partial charge in [0.25, 0.3) is 11.8 Å². The van der Waals surface area contributed by atoms with Crippen LogP contribution in [0.25, 0.3) is 0 Å². The van der Waals surface area contributed by atoms with Gasteiger partial charge in [0.05, 0.1) is 37.7 Å². The van der Waals surface area contributed by atoms with Crippen LogP contribution >= 0.6 is 0 Å². The number of carbonyl (C=O) groups is 2. The van der Waals surface area contributed by atoms with Gasteiger partial charge in [-0.1, -0.05) is 6.07 Å². The summed E-state index contributed by atoms with van der Waals surface area (Å²) in [7, 11) is 3.26. The number of ether oxygens (including phenoxy) is 1. The number of carbonyl (C=O) groups excluding carboxylic acids is 2. The largest absolute Gasteiger partial charge is 0.495 e. The summed E-state index contributed by atoms with van der Waals surface area (Å²) in [6.45, 7) is 1.85. The molecule has 0 fully saturated rings. The highest BCUT2D eigenvalue weighted by molar-refractivity contribution is 6.07. The molecule has 8 nitrogen and oxygen atoms in total. The van der Waals surface area contributed by atoms with Gasteiger partial charge in [-0.25, -0.2) is 4.98 Å². The summed E-state index contributed by atoms with van der Waals surface area (Å²) < 4.78 is 6.72. The first-order valence-corrected chi connectivity index (χ1v) is 8.16. The minimum absolute atomic E-state index is 0.298. The number of pyridine rings is 1. The summed E-state index contributed by atoms with van der Waals surface area (Å²) >= 11 is 0. The Kier molecular flexibility index (Phi) is 5.16. The van der Waals surface area contributed by atoms with Gasteiger partial charge >= 0.3 is 0 Å². The fourth-order valence-corrected chi connectivity index (χ4v) is 2.46. The van der Waals surface area contributed by atoms with Crippen LogP contribution in [0.5, 0.6) is 5.75 Å². The number of amides is 2. The highest BCUT2D eigenvalue weighted by atomic mass is 16.5. The van der Waals surface area contributed by atoms with Crippen LogP contribution in [0.3, 0.4) is 0 Å². The predicted octanol–water partition coefficient (Wildman–Crippen LogP) is 2.64. The SMILES string of the molecule is COc1cncc(NC(=O)c2ccc(C)c(NC(=O)c3cncn3C)c2)c1. The van der Waals surface area contributed by atoms with Crippen molar-refractivity contribution >= 4 is 23.2 Å². The first kappa shape index (κ1) is 18.1. The van der Waals surface area contributed by atoms with Crippen LogP contribution in [0.1, 0.15) is 26.4 Å². The molecule has 0 spiro atoms. The quantitative estimate of drug-likeness (QED) is 0.724. The van der Waals surface area contributed by atoms with E-state index in [1.165, 1.54) is 19.5 Å². The Labute approximate surface area is 156 Å². The van der Waals surface area contributed by atoms with Crippen LogP contribution in [-0.2, 0) is 7.05 Å². The number of imidazole rings is 1. The number of benzene rings is 1. The van der Waals surface area contributed by atoms with Gasteiger partial charge in [-0.05, 0) is 24.6 Å². The predicted molar refractivity (Wildman–Crippen MR) is 101 cm³/mol. The van der Waals surface area contributed by atoms with Crippen molar-refractivity contribution in [1.82, 2.24) is 14.5 Å². The van der Waals surface area contributed by atoms with Crippen molar-refractivity contribution in [2.75, 3.05) is 17.7 Å². The van der Waals surface area contributed by atoms with Crippen molar-refractivity contribution < 1.29 is 14.3 Å². The maximum absolute atomic E-state index is 12.5. The fourth-order valence-electron chi connectivity index (χ4n) is 2.46. The molecule has 2 heterocycles. The molecular formula is C19H19N5O3. The second-order valence-corrected chi connectivity index (χ2v) is 5.94. The zero-order valence-electron chi connectivity index (χ0n) is 15.2. The van der Waals surface area contributed by atoms with Gasteiger partial charge in [0, 0.05) is 24.4 Å². The number of methoxy groups -OCH3 is 1. The summed E-state index contributed by atoms with van der Waals surface area (Å²) in [5, 5.41) is 5.58. The Morgan fingerprint density at radius 1 is 1.04 bits per heavy atom. The van der Waals surface area contributed by atoms with E-state index in [0.717, 1.165) is 5.56 Å². The molecule has 2 amide bonds. The lowest BCUT2D eigenvalue weighted by Gasteiger charge is -2.11. The number of nitrogens with one attached hydrogen (secondary N) is 2. The number of hydrogen-bond acceptors (Lipinski definition) is 5. The first-order valence-electron chi connectivity index (χ1n) is 8.16. The Morgan fingerprint density at radius 2 is 1.85 bits per heavy atom. The third-order valence-electron chi connectivity index (χ3n) is 4.00. The van der Waals surface area contributed by atoms with Gasteiger partial charge in [-0.3, -0.25) is 14.6 Å². The molecule has 0 saturated carbocycles. The average Bonchev–Trinajstić information content (AvgIpc) is 3.09. The van der Waals surface area contributed by atoms with Gasteiger partial charge in [-0.15, -0.1) is 0 Å². The van der Waals surface area contributed by atoms with E-state index in [-0.39, 0.29) is 11.8 Å².